The lowest BCUT2D eigenvalue weighted by Gasteiger charge is -2.18. The molecule has 0 spiro atoms. The molecule has 2 heterocycles. The molecule has 0 radical (unpaired) electrons. The summed E-state index contributed by atoms with van der Waals surface area (Å²) in [6.07, 6.45) is 2.60. The maximum absolute atomic E-state index is 12.8. The fraction of sp³-hybridized carbons (Fsp3) is 0.409. The van der Waals surface area contributed by atoms with E-state index in [1.807, 2.05) is 32.0 Å². The fourth-order valence-electron chi connectivity index (χ4n) is 3.56. The Kier molecular flexibility index (Phi) is 6.91. The van der Waals surface area contributed by atoms with Crippen LogP contribution in [0.1, 0.15) is 48.0 Å². The molecule has 1 unspecified atom stereocenters. The number of nitrogens with zero attached hydrogens (tertiary/aromatic N) is 1. The topological polar surface area (TPSA) is 68.3 Å². The van der Waals surface area contributed by atoms with Gasteiger partial charge in [0, 0.05) is 9.90 Å². The van der Waals surface area contributed by atoms with Crippen molar-refractivity contribution in [3.63, 3.8) is 0 Å². The SMILES string of the molecule is CC1CCc2c(sc(NC(=O)CSc3nc4cc(Cl)ccc4s3)c2C(=O)OC(C)C)C1. The van der Waals surface area contributed by atoms with Crippen LogP contribution in [0.4, 0.5) is 5.00 Å². The molecule has 2 aromatic heterocycles. The zero-order chi connectivity index (χ0) is 22.1. The molecule has 1 aliphatic rings. The number of hydrogen-bond donors (Lipinski definition) is 1. The lowest BCUT2D eigenvalue weighted by molar-refractivity contribution is -0.113. The Hall–Kier alpha value is -1.61. The number of aromatic nitrogens is 1. The summed E-state index contributed by atoms with van der Waals surface area (Å²) in [5.74, 6) is 0.276. The number of thiazole rings is 1. The van der Waals surface area contributed by atoms with Gasteiger partial charge in [0.15, 0.2) is 4.34 Å². The van der Waals surface area contributed by atoms with Crippen molar-refractivity contribution in [2.75, 3.05) is 11.1 Å². The van der Waals surface area contributed by atoms with E-state index >= 15 is 0 Å². The molecule has 0 fully saturated rings. The summed E-state index contributed by atoms with van der Waals surface area (Å²) in [7, 11) is 0. The Bertz CT molecular complexity index is 1140. The summed E-state index contributed by atoms with van der Waals surface area (Å²) < 4.78 is 7.32. The third-order valence-electron chi connectivity index (χ3n) is 4.97. The molecule has 0 aliphatic heterocycles. The van der Waals surface area contributed by atoms with Crippen LogP contribution in [-0.4, -0.2) is 28.7 Å². The monoisotopic (exact) mass is 494 g/mol. The number of fused-ring (bicyclic) bond motifs is 2. The molecule has 9 heteroatoms. The van der Waals surface area contributed by atoms with Gasteiger partial charge < -0.3 is 10.1 Å². The maximum Gasteiger partial charge on any atom is 0.341 e. The van der Waals surface area contributed by atoms with Crippen molar-refractivity contribution >= 4 is 73.1 Å². The number of thioether (sulfide) groups is 1. The average molecular weight is 495 g/mol. The molecule has 1 amide bonds. The van der Waals surface area contributed by atoms with Gasteiger partial charge in [0.05, 0.1) is 27.6 Å². The normalized spacial score (nSPS) is 15.8. The number of carbonyl (C=O) groups is 2. The number of esters is 1. The number of thiophene rings is 1. The minimum absolute atomic E-state index is 0.160. The van der Waals surface area contributed by atoms with E-state index in [0.717, 1.165) is 39.4 Å². The van der Waals surface area contributed by atoms with Gasteiger partial charge in [-0.3, -0.25) is 4.79 Å². The summed E-state index contributed by atoms with van der Waals surface area (Å²) in [6.45, 7) is 5.88. The van der Waals surface area contributed by atoms with Gasteiger partial charge in [0.1, 0.15) is 5.00 Å². The van der Waals surface area contributed by atoms with Crippen molar-refractivity contribution in [2.45, 2.75) is 50.5 Å². The van der Waals surface area contributed by atoms with Crippen molar-refractivity contribution in [3.8, 4) is 0 Å². The first-order valence-corrected chi connectivity index (χ1v) is 13.1. The quantitative estimate of drug-likeness (QED) is 0.316. The van der Waals surface area contributed by atoms with E-state index in [1.165, 1.54) is 39.3 Å². The van der Waals surface area contributed by atoms with E-state index in [4.69, 9.17) is 16.3 Å². The largest absolute Gasteiger partial charge is 0.459 e. The number of halogens is 1. The van der Waals surface area contributed by atoms with Crippen LogP contribution in [0, 0.1) is 5.92 Å². The molecule has 1 N–H and O–H groups in total. The van der Waals surface area contributed by atoms with Gasteiger partial charge in [-0.25, -0.2) is 9.78 Å². The van der Waals surface area contributed by atoms with Gasteiger partial charge in [0.25, 0.3) is 0 Å². The van der Waals surface area contributed by atoms with Gasteiger partial charge in [0.2, 0.25) is 5.91 Å². The minimum atomic E-state index is -0.354. The van der Waals surface area contributed by atoms with Crippen molar-refractivity contribution in [3.05, 3.63) is 39.2 Å². The second-order valence-corrected chi connectivity index (χ2v) is 11.7. The van der Waals surface area contributed by atoms with E-state index in [1.54, 1.807) is 0 Å². The van der Waals surface area contributed by atoms with Crippen LogP contribution < -0.4 is 5.32 Å². The number of amides is 1. The molecule has 0 saturated heterocycles. The summed E-state index contributed by atoms with van der Waals surface area (Å²) in [5, 5.41) is 4.21. The van der Waals surface area contributed by atoms with E-state index in [-0.39, 0.29) is 23.7 Å². The van der Waals surface area contributed by atoms with Crippen LogP contribution in [0.25, 0.3) is 10.2 Å². The first-order chi connectivity index (χ1) is 14.8. The van der Waals surface area contributed by atoms with E-state index in [0.29, 0.717) is 21.5 Å². The van der Waals surface area contributed by atoms with Crippen molar-refractivity contribution in [2.24, 2.45) is 5.92 Å². The number of ether oxygens (including phenoxy) is 1. The Morgan fingerprint density at radius 1 is 1.35 bits per heavy atom. The molecule has 1 aromatic carbocycles. The molecule has 3 aromatic rings. The van der Waals surface area contributed by atoms with E-state index < -0.39 is 0 Å². The molecule has 1 aliphatic carbocycles. The number of hydrogen-bond acceptors (Lipinski definition) is 7. The van der Waals surface area contributed by atoms with Gasteiger partial charge in [-0.15, -0.1) is 22.7 Å². The van der Waals surface area contributed by atoms with Crippen LogP contribution >= 0.6 is 46.0 Å². The number of benzene rings is 1. The fourth-order valence-corrected chi connectivity index (χ4v) is 6.99. The first kappa shape index (κ1) is 22.6. The van der Waals surface area contributed by atoms with Gasteiger partial charge in [-0.2, -0.15) is 0 Å². The number of nitrogens with one attached hydrogen (secondary N) is 1. The minimum Gasteiger partial charge on any atom is -0.459 e. The molecule has 1 atom stereocenters. The van der Waals surface area contributed by atoms with E-state index in [2.05, 4.69) is 17.2 Å². The smallest absolute Gasteiger partial charge is 0.341 e. The third kappa shape index (κ3) is 5.25. The highest BCUT2D eigenvalue weighted by atomic mass is 35.5. The zero-order valence-corrected chi connectivity index (χ0v) is 20.7. The predicted molar refractivity (Wildman–Crippen MR) is 130 cm³/mol. The predicted octanol–water partition coefficient (Wildman–Crippen LogP) is 6.43. The Morgan fingerprint density at radius 2 is 2.16 bits per heavy atom. The van der Waals surface area contributed by atoms with Crippen LogP contribution in [0.5, 0.6) is 0 Å². The average Bonchev–Trinajstić information content (AvgIpc) is 3.25. The molecule has 4 rings (SSSR count). The summed E-state index contributed by atoms with van der Waals surface area (Å²) in [4.78, 5) is 31.2. The Balaban J connectivity index is 1.49. The van der Waals surface area contributed by atoms with Crippen LogP contribution in [0.3, 0.4) is 0 Å². The molecule has 5 nitrogen and oxygen atoms in total. The number of anilines is 1. The summed E-state index contributed by atoms with van der Waals surface area (Å²) >= 11 is 10.4. The molecule has 31 heavy (non-hydrogen) atoms. The molecule has 0 bridgehead atoms. The van der Waals surface area contributed by atoms with Gasteiger partial charge in [-0.05, 0) is 62.8 Å². The summed E-state index contributed by atoms with van der Waals surface area (Å²) in [5.41, 5.74) is 2.41. The molecular weight excluding hydrogens is 472 g/mol. The van der Waals surface area contributed by atoms with Gasteiger partial charge in [-0.1, -0.05) is 30.3 Å². The number of carbonyl (C=O) groups excluding carboxylic acids is 2. The molecular formula is C22H23ClN2O3S3. The lowest BCUT2D eigenvalue weighted by atomic mass is 9.88. The Labute approximate surface area is 198 Å². The highest BCUT2D eigenvalue weighted by Gasteiger charge is 2.29. The third-order valence-corrected chi connectivity index (χ3v) is 8.55. The number of rotatable bonds is 6. The zero-order valence-electron chi connectivity index (χ0n) is 17.5. The Morgan fingerprint density at radius 3 is 2.94 bits per heavy atom. The highest BCUT2D eigenvalue weighted by molar-refractivity contribution is 8.01. The second kappa shape index (κ2) is 9.48. The van der Waals surface area contributed by atoms with Crippen molar-refractivity contribution < 1.29 is 14.3 Å². The van der Waals surface area contributed by atoms with Crippen molar-refractivity contribution in [1.82, 2.24) is 4.98 Å². The van der Waals surface area contributed by atoms with Crippen molar-refractivity contribution in [1.29, 1.82) is 0 Å². The van der Waals surface area contributed by atoms with Crippen LogP contribution in [0.2, 0.25) is 5.02 Å². The molecule has 0 saturated carbocycles. The first-order valence-electron chi connectivity index (χ1n) is 10.1. The highest BCUT2D eigenvalue weighted by Crippen LogP contribution is 2.40. The van der Waals surface area contributed by atoms with E-state index in [9.17, 15) is 9.59 Å². The lowest BCUT2D eigenvalue weighted by Crippen LogP contribution is -2.19. The van der Waals surface area contributed by atoms with Gasteiger partial charge >= 0.3 is 5.97 Å². The maximum atomic E-state index is 12.8. The summed E-state index contributed by atoms with van der Waals surface area (Å²) in [6, 6.07) is 5.59. The van der Waals surface area contributed by atoms with Crippen LogP contribution in [-0.2, 0) is 22.4 Å². The standard InChI is InChI=1S/C22H23ClN2O3S3/c1-11(2)28-21(27)19-14-6-4-12(3)8-17(14)30-20(19)25-18(26)10-29-22-24-15-9-13(23)5-7-16(15)31-22/h5,7,9,11-12H,4,6,8,10H2,1-3H3,(H,25,26). The van der Waals surface area contributed by atoms with Crippen LogP contribution in [0.15, 0.2) is 22.5 Å². The molecule has 164 valence electrons. The second-order valence-electron chi connectivity index (χ2n) is 7.94.